The molecule has 2 aromatic carbocycles. The molecule has 1 amide bonds. The number of amides is 1. The van der Waals surface area contributed by atoms with Gasteiger partial charge in [0.2, 0.25) is 15.9 Å². The van der Waals surface area contributed by atoms with Crippen LogP contribution in [0.15, 0.2) is 47.4 Å². The number of nitrogens with zero attached hydrogens (tertiary/aromatic N) is 1. The third kappa shape index (κ3) is 5.00. The van der Waals surface area contributed by atoms with E-state index in [0.29, 0.717) is 31.0 Å². The fourth-order valence-electron chi connectivity index (χ4n) is 3.56. The lowest BCUT2D eigenvalue weighted by molar-refractivity contribution is -0.126. The van der Waals surface area contributed by atoms with Crippen molar-refractivity contribution in [1.29, 1.82) is 0 Å². The van der Waals surface area contributed by atoms with E-state index in [-0.39, 0.29) is 22.8 Å². The number of nitrogens with one attached hydrogen (secondary N) is 1. The molecule has 3 rings (SSSR count). The molecular weight excluding hydrogens is 408 g/mol. The van der Waals surface area contributed by atoms with Crippen LogP contribution in [-0.2, 0) is 14.8 Å². The van der Waals surface area contributed by atoms with Crippen molar-refractivity contribution in [3.8, 4) is 0 Å². The predicted molar refractivity (Wildman–Crippen MR) is 115 cm³/mol. The molecule has 0 unspecified atom stereocenters. The molecule has 1 aliphatic heterocycles. The maximum atomic E-state index is 12.8. The van der Waals surface area contributed by atoms with Gasteiger partial charge in [0.25, 0.3) is 0 Å². The van der Waals surface area contributed by atoms with Gasteiger partial charge in [-0.1, -0.05) is 29.8 Å². The van der Waals surface area contributed by atoms with Crippen molar-refractivity contribution in [2.75, 3.05) is 13.1 Å². The Morgan fingerprint density at radius 1 is 1.07 bits per heavy atom. The van der Waals surface area contributed by atoms with E-state index in [2.05, 4.69) is 31.3 Å². The monoisotopic (exact) mass is 434 g/mol. The van der Waals surface area contributed by atoms with Gasteiger partial charge < -0.3 is 5.32 Å². The van der Waals surface area contributed by atoms with Crippen LogP contribution in [0.5, 0.6) is 0 Å². The second-order valence-corrected chi connectivity index (χ2v) is 10.1. The Morgan fingerprint density at radius 2 is 1.69 bits per heavy atom. The molecule has 0 bridgehead atoms. The molecule has 156 valence electrons. The molecule has 0 aromatic heterocycles. The van der Waals surface area contributed by atoms with E-state index < -0.39 is 10.0 Å². The second kappa shape index (κ2) is 8.86. The molecule has 0 aliphatic carbocycles. The third-order valence-corrected chi connectivity index (χ3v) is 7.83. The van der Waals surface area contributed by atoms with Gasteiger partial charge in [-0.05, 0) is 74.6 Å². The number of benzene rings is 2. The quantitative estimate of drug-likeness (QED) is 0.765. The number of hydrogen-bond donors (Lipinski definition) is 1. The molecule has 1 atom stereocenters. The molecule has 5 nitrogen and oxygen atoms in total. The highest BCUT2D eigenvalue weighted by molar-refractivity contribution is 7.89. The Labute approximate surface area is 178 Å². The number of carbonyl (C=O) groups excluding carboxylic acids is 1. The minimum atomic E-state index is -3.56. The Balaban J connectivity index is 1.59. The van der Waals surface area contributed by atoms with Gasteiger partial charge in [0, 0.05) is 24.0 Å². The van der Waals surface area contributed by atoms with Gasteiger partial charge >= 0.3 is 0 Å². The predicted octanol–water partition coefficient (Wildman–Crippen LogP) is 4.23. The number of rotatable bonds is 5. The van der Waals surface area contributed by atoms with Crippen LogP contribution in [0.25, 0.3) is 0 Å². The zero-order valence-electron chi connectivity index (χ0n) is 17.0. The number of carbonyl (C=O) groups is 1. The Kier molecular flexibility index (Phi) is 6.66. The average Bonchev–Trinajstić information content (AvgIpc) is 2.70. The molecule has 0 spiro atoms. The topological polar surface area (TPSA) is 66.5 Å². The van der Waals surface area contributed by atoms with Crippen LogP contribution in [0.3, 0.4) is 0 Å². The summed E-state index contributed by atoms with van der Waals surface area (Å²) in [5.74, 6) is -0.195. The number of sulfonamides is 1. The lowest BCUT2D eigenvalue weighted by atomic mass is 9.96. The summed E-state index contributed by atoms with van der Waals surface area (Å²) in [6.07, 6.45) is 1.02. The smallest absolute Gasteiger partial charge is 0.243 e. The number of aryl methyl sites for hydroxylation is 2. The summed E-state index contributed by atoms with van der Waals surface area (Å²) in [5, 5.41) is 3.58. The van der Waals surface area contributed by atoms with Crippen molar-refractivity contribution in [1.82, 2.24) is 9.62 Å². The highest BCUT2D eigenvalue weighted by Gasteiger charge is 2.32. The number of piperidine rings is 1. The van der Waals surface area contributed by atoms with Gasteiger partial charge in [-0.15, -0.1) is 0 Å². The summed E-state index contributed by atoms with van der Waals surface area (Å²) in [7, 11) is -3.56. The highest BCUT2D eigenvalue weighted by atomic mass is 35.5. The van der Waals surface area contributed by atoms with E-state index in [9.17, 15) is 13.2 Å². The molecule has 29 heavy (non-hydrogen) atoms. The largest absolute Gasteiger partial charge is 0.349 e. The number of hydrogen-bond acceptors (Lipinski definition) is 3. The molecule has 7 heteroatoms. The van der Waals surface area contributed by atoms with Gasteiger partial charge in [0.15, 0.2) is 0 Å². The first kappa shape index (κ1) is 21.8. The molecule has 1 fully saturated rings. The van der Waals surface area contributed by atoms with Crippen molar-refractivity contribution in [2.24, 2.45) is 5.92 Å². The van der Waals surface area contributed by atoms with Crippen molar-refractivity contribution >= 4 is 27.5 Å². The normalized spacial score (nSPS) is 17.1. The molecule has 1 heterocycles. The summed E-state index contributed by atoms with van der Waals surface area (Å²) in [6.45, 7) is 6.77. The van der Waals surface area contributed by atoms with E-state index in [0.717, 1.165) is 5.56 Å². The fourth-order valence-corrected chi connectivity index (χ4v) is 5.16. The minimum absolute atomic E-state index is 0.0146. The Morgan fingerprint density at radius 3 is 2.28 bits per heavy atom. The molecule has 0 saturated carbocycles. The van der Waals surface area contributed by atoms with Crippen molar-refractivity contribution in [3.63, 3.8) is 0 Å². The fraction of sp³-hybridized carbons (Fsp3) is 0.409. The Hall–Kier alpha value is -1.89. The van der Waals surface area contributed by atoms with E-state index in [1.807, 2.05) is 13.0 Å². The molecule has 1 N–H and O–H groups in total. The summed E-state index contributed by atoms with van der Waals surface area (Å²) in [5.41, 5.74) is 3.50. The second-order valence-electron chi connectivity index (χ2n) is 7.71. The van der Waals surface area contributed by atoms with E-state index in [4.69, 9.17) is 11.6 Å². The first-order valence-electron chi connectivity index (χ1n) is 9.81. The van der Waals surface area contributed by atoms with Gasteiger partial charge in [-0.3, -0.25) is 4.79 Å². The first-order valence-corrected chi connectivity index (χ1v) is 11.6. The zero-order valence-corrected chi connectivity index (χ0v) is 18.6. The lowest BCUT2D eigenvalue weighted by Crippen LogP contribution is -2.43. The first-order chi connectivity index (χ1) is 13.7. The molecule has 1 aliphatic rings. The van der Waals surface area contributed by atoms with Crippen LogP contribution in [0.1, 0.15) is 42.5 Å². The minimum Gasteiger partial charge on any atom is -0.349 e. The van der Waals surface area contributed by atoms with Crippen molar-refractivity contribution < 1.29 is 13.2 Å². The van der Waals surface area contributed by atoms with Crippen LogP contribution in [0.2, 0.25) is 5.02 Å². The van der Waals surface area contributed by atoms with Crippen LogP contribution < -0.4 is 5.32 Å². The van der Waals surface area contributed by atoms with Gasteiger partial charge in [-0.2, -0.15) is 4.31 Å². The molecule has 0 radical (unpaired) electrons. The maximum absolute atomic E-state index is 12.8. The molecule has 1 saturated heterocycles. The molecule has 2 aromatic rings. The van der Waals surface area contributed by atoms with E-state index in [1.165, 1.54) is 27.6 Å². The maximum Gasteiger partial charge on any atom is 0.243 e. The lowest BCUT2D eigenvalue weighted by Gasteiger charge is -2.31. The SMILES string of the molecule is Cc1ccc([C@H](C)NC(=O)C2CCN(S(=O)(=O)c3ccc(Cl)cc3)CC2)cc1C. The van der Waals surface area contributed by atoms with Gasteiger partial charge in [0.05, 0.1) is 10.9 Å². The van der Waals surface area contributed by atoms with Crippen LogP contribution in [0.4, 0.5) is 0 Å². The van der Waals surface area contributed by atoms with Gasteiger partial charge in [0.1, 0.15) is 0 Å². The Bertz CT molecular complexity index is 982. The van der Waals surface area contributed by atoms with E-state index in [1.54, 1.807) is 12.1 Å². The standard InChI is InChI=1S/C22H27ClN2O3S/c1-15-4-5-19(14-16(15)2)17(3)24-22(26)18-10-12-25(13-11-18)29(27,28)21-8-6-20(23)7-9-21/h4-9,14,17-18H,10-13H2,1-3H3,(H,24,26)/t17-/m0/s1. The summed E-state index contributed by atoms with van der Waals surface area (Å²) >= 11 is 5.85. The molecular formula is C22H27ClN2O3S. The summed E-state index contributed by atoms with van der Waals surface area (Å²) in [4.78, 5) is 12.9. The van der Waals surface area contributed by atoms with Gasteiger partial charge in [-0.25, -0.2) is 8.42 Å². The summed E-state index contributed by atoms with van der Waals surface area (Å²) in [6, 6.07) is 12.3. The highest BCUT2D eigenvalue weighted by Crippen LogP contribution is 2.26. The van der Waals surface area contributed by atoms with Crippen LogP contribution in [0, 0.1) is 19.8 Å². The summed E-state index contributed by atoms with van der Waals surface area (Å²) < 4.78 is 27.0. The van der Waals surface area contributed by atoms with Crippen LogP contribution >= 0.6 is 11.6 Å². The third-order valence-electron chi connectivity index (χ3n) is 5.67. The zero-order chi connectivity index (χ0) is 21.2. The van der Waals surface area contributed by atoms with Crippen molar-refractivity contribution in [3.05, 3.63) is 64.2 Å². The van der Waals surface area contributed by atoms with Crippen LogP contribution in [-0.4, -0.2) is 31.7 Å². The average molecular weight is 435 g/mol. The van der Waals surface area contributed by atoms with E-state index >= 15 is 0 Å². The van der Waals surface area contributed by atoms with Crippen molar-refractivity contribution in [2.45, 2.75) is 44.6 Å². The number of halogens is 1.